The van der Waals surface area contributed by atoms with Crippen molar-refractivity contribution in [1.29, 1.82) is 0 Å². The Morgan fingerprint density at radius 2 is 1.76 bits per heavy atom. The zero-order valence-corrected chi connectivity index (χ0v) is 18.5. The Kier molecular flexibility index (Phi) is 7.80. The number of methoxy groups -OCH3 is 2. The van der Waals surface area contributed by atoms with Gasteiger partial charge >= 0.3 is 0 Å². The quantitative estimate of drug-likeness (QED) is 0.473. The Hall–Kier alpha value is -2.22. The molecular weight excluding hydrogens is 428 g/mol. The van der Waals surface area contributed by atoms with Crippen molar-refractivity contribution in [3.8, 4) is 11.5 Å². The number of carbonyl (C=O) groups is 1. The van der Waals surface area contributed by atoms with Gasteiger partial charge in [-0.2, -0.15) is 11.8 Å². The first kappa shape index (κ1) is 21.5. The minimum Gasteiger partial charge on any atom is -0.497 e. The van der Waals surface area contributed by atoms with Gasteiger partial charge in [0.25, 0.3) is 0 Å². The summed E-state index contributed by atoms with van der Waals surface area (Å²) in [6, 6.07) is 13.1. The van der Waals surface area contributed by atoms with Crippen LogP contribution in [0.5, 0.6) is 11.5 Å². The Morgan fingerprint density at radius 1 is 1.07 bits per heavy atom. The van der Waals surface area contributed by atoms with E-state index in [1.807, 2.05) is 35.7 Å². The molecule has 0 bridgehead atoms. The van der Waals surface area contributed by atoms with Crippen molar-refractivity contribution in [1.82, 2.24) is 4.98 Å². The molecule has 0 aliphatic carbocycles. The molecule has 2 aromatic carbocycles. The summed E-state index contributed by atoms with van der Waals surface area (Å²) in [6.07, 6.45) is 0.290. The van der Waals surface area contributed by atoms with E-state index < -0.39 is 0 Å². The highest BCUT2D eigenvalue weighted by Crippen LogP contribution is 2.27. The van der Waals surface area contributed by atoms with Crippen molar-refractivity contribution in [2.75, 3.05) is 19.5 Å². The fourth-order valence-corrected chi connectivity index (χ4v) is 4.42. The second kappa shape index (κ2) is 10.5. The average molecular weight is 449 g/mol. The molecule has 1 amide bonds. The Morgan fingerprint density at radius 3 is 2.41 bits per heavy atom. The minimum absolute atomic E-state index is 0.0932. The van der Waals surface area contributed by atoms with Gasteiger partial charge in [-0.15, -0.1) is 11.3 Å². The number of hydrogen-bond donors (Lipinski definition) is 1. The van der Waals surface area contributed by atoms with Gasteiger partial charge in [0, 0.05) is 28.0 Å². The van der Waals surface area contributed by atoms with Crippen LogP contribution < -0.4 is 14.8 Å². The number of nitrogens with one attached hydrogen (secondary N) is 1. The molecule has 1 N–H and O–H groups in total. The van der Waals surface area contributed by atoms with Crippen molar-refractivity contribution < 1.29 is 14.3 Å². The molecular formula is C21H21ClN2O3S2. The van der Waals surface area contributed by atoms with Gasteiger partial charge in [0.15, 0.2) is 5.13 Å². The molecule has 3 aromatic rings. The topological polar surface area (TPSA) is 60.5 Å². The smallest absolute Gasteiger partial charge is 0.230 e. The highest BCUT2D eigenvalue weighted by molar-refractivity contribution is 7.97. The molecule has 0 saturated heterocycles. The van der Waals surface area contributed by atoms with Crippen LogP contribution in [0.25, 0.3) is 0 Å². The summed E-state index contributed by atoms with van der Waals surface area (Å²) in [7, 11) is 3.29. The highest BCUT2D eigenvalue weighted by Gasteiger charge is 2.09. The Labute approximate surface area is 183 Å². The molecule has 0 spiro atoms. The SMILES string of the molecule is COc1cc(CSCc2csc(NC(=O)Cc3ccc(Cl)cc3)n2)cc(OC)c1. The van der Waals surface area contributed by atoms with E-state index in [-0.39, 0.29) is 5.91 Å². The van der Waals surface area contributed by atoms with E-state index in [1.54, 1.807) is 38.1 Å². The maximum absolute atomic E-state index is 12.2. The first-order valence-electron chi connectivity index (χ1n) is 8.84. The molecule has 0 fully saturated rings. The third-order valence-corrected chi connectivity index (χ3v) is 6.10. The van der Waals surface area contributed by atoms with E-state index in [1.165, 1.54) is 11.3 Å². The molecule has 29 heavy (non-hydrogen) atoms. The molecule has 0 radical (unpaired) electrons. The van der Waals surface area contributed by atoms with Crippen LogP contribution in [0, 0.1) is 0 Å². The molecule has 5 nitrogen and oxygen atoms in total. The number of rotatable bonds is 9. The van der Waals surface area contributed by atoms with Crippen LogP contribution in [0.1, 0.15) is 16.8 Å². The zero-order valence-electron chi connectivity index (χ0n) is 16.1. The third kappa shape index (κ3) is 6.66. The number of aromatic nitrogens is 1. The van der Waals surface area contributed by atoms with Gasteiger partial charge in [-0.3, -0.25) is 4.79 Å². The zero-order chi connectivity index (χ0) is 20.6. The number of halogens is 1. The average Bonchev–Trinajstić information content (AvgIpc) is 3.16. The summed E-state index contributed by atoms with van der Waals surface area (Å²) in [4.78, 5) is 16.7. The van der Waals surface area contributed by atoms with E-state index in [2.05, 4.69) is 10.3 Å². The number of thioether (sulfide) groups is 1. The summed E-state index contributed by atoms with van der Waals surface area (Å²) < 4.78 is 10.6. The maximum Gasteiger partial charge on any atom is 0.230 e. The van der Waals surface area contributed by atoms with Gasteiger partial charge in [-0.05, 0) is 35.4 Å². The standard InChI is InChI=1S/C21H21ClN2O3S2/c1-26-18-7-15(8-19(10-18)27-2)11-28-12-17-13-29-21(23-17)24-20(25)9-14-3-5-16(22)6-4-14/h3-8,10,13H,9,11-12H2,1-2H3,(H,23,24,25). The van der Waals surface area contributed by atoms with Gasteiger partial charge in [-0.25, -0.2) is 4.98 Å². The number of thiazole rings is 1. The van der Waals surface area contributed by atoms with Crippen LogP contribution in [-0.2, 0) is 22.7 Å². The maximum atomic E-state index is 12.2. The second-order valence-corrected chi connectivity index (χ2v) is 8.49. The normalized spacial score (nSPS) is 10.6. The molecule has 8 heteroatoms. The summed E-state index contributed by atoms with van der Waals surface area (Å²) >= 11 is 9.04. The predicted octanol–water partition coefficient (Wildman–Crippen LogP) is 5.43. The predicted molar refractivity (Wildman–Crippen MR) is 120 cm³/mol. The molecule has 1 aromatic heterocycles. The first-order chi connectivity index (χ1) is 14.1. The van der Waals surface area contributed by atoms with E-state index in [9.17, 15) is 4.79 Å². The van der Waals surface area contributed by atoms with Crippen LogP contribution >= 0.6 is 34.7 Å². The molecule has 0 aliphatic rings. The van der Waals surface area contributed by atoms with Crippen LogP contribution in [0.15, 0.2) is 47.8 Å². The number of anilines is 1. The second-order valence-electron chi connectivity index (χ2n) is 6.21. The number of carbonyl (C=O) groups excluding carboxylic acids is 1. The van der Waals surface area contributed by atoms with Gasteiger partial charge < -0.3 is 14.8 Å². The van der Waals surface area contributed by atoms with Crippen LogP contribution in [0.2, 0.25) is 5.02 Å². The molecule has 0 saturated carbocycles. The van der Waals surface area contributed by atoms with Crippen molar-refractivity contribution in [2.24, 2.45) is 0 Å². The summed E-state index contributed by atoms with van der Waals surface area (Å²) in [5, 5.41) is 6.10. The van der Waals surface area contributed by atoms with E-state index in [4.69, 9.17) is 21.1 Å². The summed E-state index contributed by atoms with van der Waals surface area (Å²) in [5.41, 5.74) is 2.97. The Balaban J connectivity index is 1.49. The lowest BCUT2D eigenvalue weighted by Crippen LogP contribution is -2.14. The number of ether oxygens (including phenoxy) is 2. The monoisotopic (exact) mass is 448 g/mol. The van der Waals surface area contributed by atoms with Crippen LogP contribution in [0.4, 0.5) is 5.13 Å². The minimum atomic E-state index is -0.0932. The molecule has 1 heterocycles. The number of nitrogens with zero attached hydrogens (tertiary/aromatic N) is 1. The first-order valence-corrected chi connectivity index (χ1v) is 11.3. The highest BCUT2D eigenvalue weighted by atomic mass is 35.5. The molecule has 0 atom stereocenters. The summed E-state index contributed by atoms with van der Waals surface area (Å²) in [5.74, 6) is 3.02. The van der Waals surface area contributed by atoms with Crippen molar-refractivity contribution >= 4 is 45.7 Å². The van der Waals surface area contributed by atoms with Crippen LogP contribution in [-0.4, -0.2) is 25.1 Å². The summed E-state index contributed by atoms with van der Waals surface area (Å²) in [6.45, 7) is 0. The fourth-order valence-electron chi connectivity index (χ4n) is 2.60. The lowest BCUT2D eigenvalue weighted by molar-refractivity contribution is -0.115. The number of hydrogen-bond acceptors (Lipinski definition) is 6. The van der Waals surface area contributed by atoms with E-state index in [0.29, 0.717) is 16.6 Å². The lowest BCUT2D eigenvalue weighted by Gasteiger charge is -2.08. The van der Waals surface area contributed by atoms with Crippen LogP contribution in [0.3, 0.4) is 0 Å². The Bertz CT molecular complexity index is 939. The molecule has 0 aliphatic heterocycles. The van der Waals surface area contributed by atoms with Gasteiger partial charge in [-0.1, -0.05) is 23.7 Å². The van der Waals surface area contributed by atoms with Crippen molar-refractivity contribution in [3.63, 3.8) is 0 Å². The number of benzene rings is 2. The van der Waals surface area contributed by atoms with E-state index in [0.717, 1.165) is 39.8 Å². The lowest BCUT2D eigenvalue weighted by atomic mass is 10.1. The van der Waals surface area contributed by atoms with Crippen molar-refractivity contribution in [2.45, 2.75) is 17.9 Å². The number of amides is 1. The third-order valence-electron chi connectivity index (χ3n) is 4.01. The molecule has 3 rings (SSSR count). The molecule has 152 valence electrons. The van der Waals surface area contributed by atoms with Gasteiger partial charge in [0.2, 0.25) is 5.91 Å². The van der Waals surface area contributed by atoms with Crippen molar-refractivity contribution in [3.05, 3.63) is 69.7 Å². The van der Waals surface area contributed by atoms with E-state index >= 15 is 0 Å². The van der Waals surface area contributed by atoms with Gasteiger partial charge in [0.1, 0.15) is 11.5 Å². The van der Waals surface area contributed by atoms with Gasteiger partial charge in [0.05, 0.1) is 26.3 Å². The fraction of sp³-hybridized carbons (Fsp3) is 0.238. The largest absolute Gasteiger partial charge is 0.497 e. The molecule has 0 unspecified atom stereocenters.